The van der Waals surface area contributed by atoms with Crippen molar-refractivity contribution in [3.8, 4) is 5.75 Å². The second kappa shape index (κ2) is 7.51. The smallest absolute Gasteiger partial charge is 0.137 e. The first-order chi connectivity index (χ1) is 9.31. The first-order valence-electron chi connectivity index (χ1n) is 7.17. The Hall–Kier alpha value is -0.480. The quantitative estimate of drug-likeness (QED) is 0.924. The largest absolute Gasteiger partial charge is 0.491 e. The van der Waals surface area contributed by atoms with E-state index in [9.17, 15) is 0 Å². The minimum atomic E-state index is 0. The number of para-hydroxylation sites is 1. The standard InChI is InChI=1S/C15H21ClN2O.ClH/c16-14-3-1-2-4-15(14)19-10-9-18-8-7-12-5-6-13(11-18)17-12;/h1-4,12-13,17H,5-11H2;1H. The molecule has 2 bridgehead atoms. The van der Waals surface area contributed by atoms with Crippen molar-refractivity contribution in [1.29, 1.82) is 0 Å². The molecule has 3 nitrogen and oxygen atoms in total. The summed E-state index contributed by atoms with van der Waals surface area (Å²) in [6.07, 6.45) is 3.95. The third kappa shape index (κ3) is 4.01. The highest BCUT2D eigenvalue weighted by atomic mass is 35.5. The summed E-state index contributed by atoms with van der Waals surface area (Å²) in [4.78, 5) is 2.51. The summed E-state index contributed by atoms with van der Waals surface area (Å²) in [7, 11) is 0. The molecule has 0 spiro atoms. The van der Waals surface area contributed by atoms with Crippen molar-refractivity contribution >= 4 is 24.0 Å². The van der Waals surface area contributed by atoms with Crippen LogP contribution in [0.4, 0.5) is 0 Å². The van der Waals surface area contributed by atoms with E-state index in [4.69, 9.17) is 16.3 Å². The zero-order chi connectivity index (χ0) is 13.1. The Bertz CT molecular complexity index is 430. The Labute approximate surface area is 132 Å². The van der Waals surface area contributed by atoms with Crippen LogP contribution in [-0.4, -0.2) is 43.2 Å². The monoisotopic (exact) mass is 316 g/mol. The molecule has 2 unspecified atom stereocenters. The molecule has 20 heavy (non-hydrogen) atoms. The number of benzene rings is 1. The molecule has 0 aromatic heterocycles. The third-order valence-corrected chi connectivity index (χ3v) is 4.42. The van der Waals surface area contributed by atoms with E-state index in [1.165, 1.54) is 25.8 Å². The van der Waals surface area contributed by atoms with Gasteiger partial charge in [-0.05, 0) is 37.9 Å². The summed E-state index contributed by atoms with van der Waals surface area (Å²) in [5.74, 6) is 0.790. The lowest BCUT2D eigenvalue weighted by Crippen LogP contribution is -2.37. The molecule has 5 heteroatoms. The first kappa shape index (κ1) is 15.9. The van der Waals surface area contributed by atoms with Gasteiger partial charge < -0.3 is 10.1 Å². The Balaban J connectivity index is 0.00000147. The molecule has 0 saturated carbocycles. The highest BCUT2D eigenvalue weighted by Gasteiger charge is 2.28. The Morgan fingerprint density at radius 1 is 1.20 bits per heavy atom. The van der Waals surface area contributed by atoms with Crippen molar-refractivity contribution in [2.45, 2.75) is 31.3 Å². The predicted molar refractivity (Wildman–Crippen MR) is 85.2 cm³/mol. The summed E-state index contributed by atoms with van der Waals surface area (Å²) in [6, 6.07) is 9.11. The topological polar surface area (TPSA) is 24.5 Å². The first-order valence-corrected chi connectivity index (χ1v) is 7.55. The normalized spacial score (nSPS) is 25.9. The molecule has 0 aliphatic carbocycles. The van der Waals surface area contributed by atoms with E-state index in [-0.39, 0.29) is 12.4 Å². The predicted octanol–water partition coefficient (Wildman–Crippen LogP) is 2.97. The zero-order valence-electron chi connectivity index (χ0n) is 11.6. The van der Waals surface area contributed by atoms with Gasteiger partial charge in [0.15, 0.2) is 0 Å². The molecule has 1 aromatic carbocycles. The van der Waals surface area contributed by atoms with Crippen molar-refractivity contribution in [2.24, 2.45) is 0 Å². The molecular weight excluding hydrogens is 295 g/mol. The van der Waals surface area contributed by atoms with Gasteiger partial charge in [-0.2, -0.15) is 0 Å². The van der Waals surface area contributed by atoms with Gasteiger partial charge in [0.25, 0.3) is 0 Å². The van der Waals surface area contributed by atoms with Crippen molar-refractivity contribution in [2.75, 3.05) is 26.2 Å². The van der Waals surface area contributed by atoms with Gasteiger partial charge >= 0.3 is 0 Å². The SMILES string of the molecule is Cl.Clc1ccccc1OCCN1CCC2CCC(C1)N2. The molecule has 2 fully saturated rings. The lowest BCUT2D eigenvalue weighted by atomic mass is 10.1. The highest BCUT2D eigenvalue weighted by molar-refractivity contribution is 6.32. The van der Waals surface area contributed by atoms with E-state index >= 15 is 0 Å². The van der Waals surface area contributed by atoms with Crippen molar-refractivity contribution < 1.29 is 4.74 Å². The minimum Gasteiger partial charge on any atom is -0.491 e. The third-order valence-electron chi connectivity index (χ3n) is 4.11. The molecular formula is C15H22Cl2N2O. The van der Waals surface area contributed by atoms with Crippen LogP contribution >= 0.6 is 24.0 Å². The average Bonchev–Trinajstić information content (AvgIpc) is 2.74. The van der Waals surface area contributed by atoms with E-state index in [0.717, 1.165) is 24.9 Å². The molecule has 112 valence electrons. The number of likely N-dealkylation sites (tertiary alicyclic amines) is 1. The molecule has 0 amide bonds. The van der Waals surface area contributed by atoms with Gasteiger partial charge in [0.05, 0.1) is 5.02 Å². The molecule has 2 aliphatic rings. The van der Waals surface area contributed by atoms with E-state index < -0.39 is 0 Å². The van der Waals surface area contributed by atoms with E-state index in [2.05, 4.69) is 10.2 Å². The maximum Gasteiger partial charge on any atom is 0.137 e. The maximum atomic E-state index is 6.07. The number of rotatable bonds is 4. The Morgan fingerprint density at radius 2 is 2.00 bits per heavy atom. The Morgan fingerprint density at radius 3 is 2.85 bits per heavy atom. The van der Waals surface area contributed by atoms with Gasteiger partial charge in [-0.25, -0.2) is 0 Å². The highest BCUT2D eigenvalue weighted by Crippen LogP contribution is 2.23. The van der Waals surface area contributed by atoms with Crippen LogP contribution in [0.25, 0.3) is 0 Å². The van der Waals surface area contributed by atoms with Crippen molar-refractivity contribution in [1.82, 2.24) is 10.2 Å². The number of hydrogen-bond donors (Lipinski definition) is 1. The molecule has 2 atom stereocenters. The lowest BCUT2D eigenvalue weighted by Gasteiger charge is -2.23. The fourth-order valence-corrected chi connectivity index (χ4v) is 3.26. The summed E-state index contributed by atoms with van der Waals surface area (Å²) < 4.78 is 5.77. The summed E-state index contributed by atoms with van der Waals surface area (Å²) in [5, 5.41) is 4.39. The lowest BCUT2D eigenvalue weighted by molar-refractivity contribution is 0.201. The van der Waals surface area contributed by atoms with Crippen LogP contribution < -0.4 is 10.1 Å². The van der Waals surface area contributed by atoms with Crippen LogP contribution in [0.3, 0.4) is 0 Å². The fraction of sp³-hybridized carbons (Fsp3) is 0.600. The van der Waals surface area contributed by atoms with E-state index in [0.29, 0.717) is 17.7 Å². The van der Waals surface area contributed by atoms with E-state index in [1.807, 2.05) is 24.3 Å². The van der Waals surface area contributed by atoms with E-state index in [1.54, 1.807) is 0 Å². The number of hydrogen-bond acceptors (Lipinski definition) is 3. The number of nitrogens with one attached hydrogen (secondary N) is 1. The minimum absolute atomic E-state index is 0. The van der Waals surface area contributed by atoms with Crippen LogP contribution in [0, 0.1) is 0 Å². The number of fused-ring (bicyclic) bond motifs is 2. The summed E-state index contributed by atoms with van der Waals surface area (Å²) >= 11 is 6.07. The van der Waals surface area contributed by atoms with Gasteiger partial charge in [0, 0.05) is 25.2 Å². The van der Waals surface area contributed by atoms with Gasteiger partial charge in [-0.3, -0.25) is 4.90 Å². The van der Waals surface area contributed by atoms with Gasteiger partial charge in [-0.15, -0.1) is 12.4 Å². The van der Waals surface area contributed by atoms with Gasteiger partial charge in [-0.1, -0.05) is 23.7 Å². The molecule has 2 heterocycles. The zero-order valence-corrected chi connectivity index (χ0v) is 13.1. The molecule has 1 aromatic rings. The molecule has 1 N–H and O–H groups in total. The van der Waals surface area contributed by atoms with Gasteiger partial charge in [0.1, 0.15) is 12.4 Å². The second-order valence-corrected chi connectivity index (χ2v) is 5.91. The second-order valence-electron chi connectivity index (χ2n) is 5.51. The molecule has 2 saturated heterocycles. The van der Waals surface area contributed by atoms with Crippen LogP contribution in [0.2, 0.25) is 5.02 Å². The summed E-state index contributed by atoms with van der Waals surface area (Å²) in [5.41, 5.74) is 0. The fourth-order valence-electron chi connectivity index (χ4n) is 3.06. The van der Waals surface area contributed by atoms with Crippen LogP contribution in [0.5, 0.6) is 5.75 Å². The molecule has 3 rings (SSSR count). The molecule has 0 radical (unpaired) electrons. The van der Waals surface area contributed by atoms with Crippen molar-refractivity contribution in [3.63, 3.8) is 0 Å². The van der Waals surface area contributed by atoms with Crippen molar-refractivity contribution in [3.05, 3.63) is 29.3 Å². The van der Waals surface area contributed by atoms with Crippen LogP contribution in [0.1, 0.15) is 19.3 Å². The van der Waals surface area contributed by atoms with Crippen LogP contribution in [0.15, 0.2) is 24.3 Å². The molecule has 2 aliphatic heterocycles. The Kier molecular flexibility index (Phi) is 5.97. The number of nitrogens with zero attached hydrogens (tertiary/aromatic N) is 1. The summed E-state index contributed by atoms with van der Waals surface area (Å²) in [6.45, 7) is 4.03. The number of ether oxygens (including phenoxy) is 1. The number of halogens is 2. The maximum absolute atomic E-state index is 6.07. The van der Waals surface area contributed by atoms with Gasteiger partial charge in [0.2, 0.25) is 0 Å². The van der Waals surface area contributed by atoms with Crippen LogP contribution in [-0.2, 0) is 0 Å². The average molecular weight is 317 g/mol.